The van der Waals surface area contributed by atoms with Gasteiger partial charge in [-0.15, -0.1) is 0 Å². The van der Waals surface area contributed by atoms with Crippen molar-refractivity contribution in [1.29, 1.82) is 0 Å². The molecule has 1 aliphatic rings. The van der Waals surface area contributed by atoms with Crippen molar-refractivity contribution in [3.63, 3.8) is 0 Å². The van der Waals surface area contributed by atoms with E-state index in [2.05, 4.69) is 32.8 Å². The molecule has 0 bridgehead atoms. The molecule has 112 valence electrons. The van der Waals surface area contributed by atoms with Gasteiger partial charge in [0, 0.05) is 30.4 Å². The Morgan fingerprint density at radius 2 is 2.05 bits per heavy atom. The van der Waals surface area contributed by atoms with Crippen LogP contribution in [0.25, 0.3) is 10.9 Å². The summed E-state index contributed by atoms with van der Waals surface area (Å²) in [5, 5.41) is 5.50. The second kappa shape index (κ2) is 6.02. The lowest BCUT2D eigenvalue weighted by Gasteiger charge is -2.32. The van der Waals surface area contributed by atoms with Crippen molar-refractivity contribution in [3.05, 3.63) is 24.3 Å². The summed E-state index contributed by atoms with van der Waals surface area (Å²) in [7, 11) is 0. The average Bonchev–Trinajstić information content (AvgIpc) is 2.90. The van der Waals surface area contributed by atoms with Crippen LogP contribution in [0.15, 0.2) is 24.3 Å². The van der Waals surface area contributed by atoms with Crippen molar-refractivity contribution >= 4 is 33.3 Å². The van der Waals surface area contributed by atoms with Crippen LogP contribution in [0.2, 0.25) is 0 Å². The Balaban J connectivity index is 1.67. The zero-order valence-corrected chi connectivity index (χ0v) is 13.3. The van der Waals surface area contributed by atoms with Crippen LogP contribution in [0.3, 0.4) is 0 Å². The lowest BCUT2D eigenvalue weighted by molar-refractivity contribution is -0.126. The number of anilines is 1. The lowest BCUT2D eigenvalue weighted by atomic mass is 9.95. The van der Waals surface area contributed by atoms with Gasteiger partial charge in [-0.1, -0.05) is 12.1 Å². The first-order valence-electron chi connectivity index (χ1n) is 7.55. The maximum Gasteiger partial charge on any atom is 0.223 e. The Morgan fingerprint density at radius 3 is 2.76 bits per heavy atom. The van der Waals surface area contributed by atoms with Gasteiger partial charge in [-0.2, -0.15) is 4.37 Å². The molecule has 3 rings (SSSR count). The number of carbonyl (C=O) groups is 1. The van der Waals surface area contributed by atoms with Crippen LogP contribution in [0, 0.1) is 5.92 Å². The third kappa shape index (κ3) is 3.02. The van der Waals surface area contributed by atoms with Crippen molar-refractivity contribution in [2.45, 2.75) is 32.7 Å². The molecule has 0 aliphatic carbocycles. The summed E-state index contributed by atoms with van der Waals surface area (Å²) in [4.78, 5) is 14.4. The molecule has 1 aliphatic heterocycles. The number of carbonyl (C=O) groups excluding carboxylic acids is 1. The maximum absolute atomic E-state index is 12.1. The Morgan fingerprint density at radius 1 is 1.33 bits per heavy atom. The summed E-state index contributed by atoms with van der Waals surface area (Å²) in [6.45, 7) is 5.89. The number of aromatic nitrogens is 1. The molecule has 4 nitrogen and oxygen atoms in total. The Kier molecular flexibility index (Phi) is 4.10. The number of hydrogen-bond acceptors (Lipinski definition) is 4. The molecule has 0 radical (unpaired) electrons. The van der Waals surface area contributed by atoms with E-state index >= 15 is 0 Å². The second-order valence-electron chi connectivity index (χ2n) is 5.93. The number of hydrogen-bond donors (Lipinski definition) is 1. The molecule has 1 N–H and O–H groups in total. The average molecular weight is 303 g/mol. The third-order valence-corrected chi connectivity index (χ3v) is 4.89. The fourth-order valence-electron chi connectivity index (χ4n) is 2.85. The van der Waals surface area contributed by atoms with E-state index in [1.165, 1.54) is 10.4 Å². The second-order valence-corrected chi connectivity index (χ2v) is 6.68. The molecule has 5 heteroatoms. The molecule has 2 aromatic rings. The van der Waals surface area contributed by atoms with Crippen LogP contribution in [0.5, 0.6) is 0 Å². The predicted molar refractivity (Wildman–Crippen MR) is 87.8 cm³/mol. The molecular weight excluding hydrogens is 282 g/mol. The van der Waals surface area contributed by atoms with Gasteiger partial charge in [0.1, 0.15) is 5.00 Å². The van der Waals surface area contributed by atoms with Crippen LogP contribution in [-0.2, 0) is 4.79 Å². The molecule has 1 aromatic heterocycles. The Labute approximate surface area is 129 Å². The van der Waals surface area contributed by atoms with E-state index in [0.29, 0.717) is 0 Å². The Bertz CT molecular complexity index is 629. The van der Waals surface area contributed by atoms with Crippen LogP contribution in [0.4, 0.5) is 5.00 Å². The van der Waals surface area contributed by atoms with Crippen molar-refractivity contribution in [1.82, 2.24) is 9.69 Å². The minimum absolute atomic E-state index is 0.155. The van der Waals surface area contributed by atoms with Gasteiger partial charge in [0.2, 0.25) is 5.91 Å². The van der Waals surface area contributed by atoms with Crippen molar-refractivity contribution in [2.75, 3.05) is 18.0 Å². The SMILES string of the molecule is CC(C)NC(=O)C1CCN(c2snc3ccccc23)CC1. The van der Waals surface area contributed by atoms with E-state index in [1.807, 2.05) is 19.9 Å². The molecule has 0 atom stereocenters. The molecule has 2 heterocycles. The molecule has 1 fully saturated rings. The van der Waals surface area contributed by atoms with Gasteiger partial charge in [-0.05, 0) is 50.4 Å². The van der Waals surface area contributed by atoms with E-state index in [4.69, 9.17) is 0 Å². The highest BCUT2D eigenvalue weighted by Crippen LogP contribution is 2.33. The van der Waals surface area contributed by atoms with Crippen LogP contribution in [0.1, 0.15) is 26.7 Å². The van der Waals surface area contributed by atoms with Gasteiger partial charge >= 0.3 is 0 Å². The number of amides is 1. The number of rotatable bonds is 3. The monoisotopic (exact) mass is 303 g/mol. The first-order valence-corrected chi connectivity index (χ1v) is 8.32. The molecule has 0 saturated carbocycles. The van der Waals surface area contributed by atoms with E-state index in [0.717, 1.165) is 31.4 Å². The first kappa shape index (κ1) is 14.3. The third-order valence-electron chi connectivity index (χ3n) is 3.95. The van der Waals surface area contributed by atoms with Crippen molar-refractivity contribution in [2.24, 2.45) is 5.92 Å². The van der Waals surface area contributed by atoms with Gasteiger partial charge in [-0.3, -0.25) is 4.79 Å². The van der Waals surface area contributed by atoms with Gasteiger partial charge in [0.05, 0.1) is 5.52 Å². The summed E-state index contributed by atoms with van der Waals surface area (Å²) >= 11 is 1.57. The predicted octanol–water partition coefficient (Wildman–Crippen LogP) is 3.04. The Hall–Kier alpha value is -1.62. The van der Waals surface area contributed by atoms with Crippen LogP contribution < -0.4 is 10.2 Å². The summed E-state index contributed by atoms with van der Waals surface area (Å²) in [5.41, 5.74) is 1.07. The fraction of sp³-hybridized carbons (Fsp3) is 0.500. The number of fused-ring (bicyclic) bond motifs is 1. The minimum atomic E-state index is 0.155. The van der Waals surface area contributed by atoms with Gasteiger partial charge in [0.15, 0.2) is 0 Å². The normalized spacial score (nSPS) is 16.6. The van der Waals surface area contributed by atoms with Crippen molar-refractivity contribution in [3.8, 4) is 0 Å². The van der Waals surface area contributed by atoms with E-state index in [1.54, 1.807) is 11.5 Å². The maximum atomic E-state index is 12.1. The van der Waals surface area contributed by atoms with Crippen molar-refractivity contribution < 1.29 is 4.79 Å². The van der Waals surface area contributed by atoms with Crippen LogP contribution in [-0.4, -0.2) is 29.4 Å². The van der Waals surface area contributed by atoms with Crippen LogP contribution >= 0.6 is 11.5 Å². The zero-order chi connectivity index (χ0) is 14.8. The quantitative estimate of drug-likeness (QED) is 0.948. The highest BCUT2D eigenvalue weighted by molar-refractivity contribution is 7.11. The summed E-state index contributed by atoms with van der Waals surface area (Å²) in [6, 6.07) is 8.49. The summed E-state index contributed by atoms with van der Waals surface area (Å²) in [5.74, 6) is 0.363. The zero-order valence-electron chi connectivity index (χ0n) is 12.5. The summed E-state index contributed by atoms with van der Waals surface area (Å²) < 4.78 is 4.51. The van der Waals surface area contributed by atoms with Gasteiger partial charge in [-0.25, -0.2) is 0 Å². The summed E-state index contributed by atoms with van der Waals surface area (Å²) in [6.07, 6.45) is 1.84. The topological polar surface area (TPSA) is 45.2 Å². The largest absolute Gasteiger partial charge is 0.362 e. The van der Waals surface area contributed by atoms with E-state index < -0.39 is 0 Å². The molecule has 0 spiro atoms. The van der Waals surface area contributed by atoms with Gasteiger partial charge in [0.25, 0.3) is 0 Å². The molecule has 1 saturated heterocycles. The minimum Gasteiger partial charge on any atom is -0.362 e. The molecular formula is C16H21N3OS. The van der Waals surface area contributed by atoms with Gasteiger partial charge < -0.3 is 10.2 Å². The fourth-order valence-corrected chi connectivity index (χ4v) is 3.76. The first-order chi connectivity index (χ1) is 10.1. The molecule has 1 amide bonds. The molecule has 0 unspecified atom stereocenters. The lowest BCUT2D eigenvalue weighted by Crippen LogP contribution is -2.42. The number of piperidine rings is 1. The number of nitrogens with one attached hydrogen (secondary N) is 1. The molecule has 1 aromatic carbocycles. The van der Waals surface area contributed by atoms with E-state index in [-0.39, 0.29) is 17.9 Å². The number of benzene rings is 1. The number of nitrogens with zero attached hydrogens (tertiary/aromatic N) is 2. The highest BCUT2D eigenvalue weighted by Gasteiger charge is 2.26. The smallest absolute Gasteiger partial charge is 0.223 e. The highest BCUT2D eigenvalue weighted by atomic mass is 32.1. The molecule has 21 heavy (non-hydrogen) atoms. The van der Waals surface area contributed by atoms with E-state index in [9.17, 15) is 4.79 Å². The standard InChI is InChI=1S/C16H21N3OS/c1-11(2)17-15(20)12-7-9-19(10-8-12)16-13-5-3-4-6-14(13)18-21-16/h3-6,11-12H,7-10H2,1-2H3,(H,17,20).